The predicted octanol–water partition coefficient (Wildman–Crippen LogP) is 19.0. The van der Waals surface area contributed by atoms with Crippen LogP contribution in [0, 0.1) is 47.1 Å². The first-order valence-corrected chi connectivity index (χ1v) is 24.7. The molecule has 0 saturated heterocycles. The van der Waals surface area contributed by atoms with Gasteiger partial charge in [0.25, 0.3) is 0 Å². The number of rotatable bonds is 7. The van der Waals surface area contributed by atoms with Gasteiger partial charge in [-0.05, 0) is 165 Å². The molecule has 0 aliphatic rings. The lowest BCUT2D eigenvalue weighted by Gasteiger charge is -2.22. The van der Waals surface area contributed by atoms with E-state index < -0.39 is 29.0 Å². The topological polar surface area (TPSA) is 89.9 Å². The molecule has 13 heteroatoms. The smallest absolute Gasteiger partial charge is 0.308 e. The molecule has 0 aliphatic carbocycles. The third kappa shape index (κ3) is 8.57. The monoisotopic (exact) mass is 1050 g/mol. The van der Waals surface area contributed by atoms with Crippen LogP contribution < -0.4 is 0 Å². The maximum absolute atomic E-state index is 15.3. The van der Waals surface area contributed by atoms with Gasteiger partial charge >= 0.3 is 12.4 Å². The minimum atomic E-state index is -5.28. The van der Waals surface area contributed by atoms with Crippen molar-refractivity contribution in [1.82, 2.24) is 9.13 Å². The van der Waals surface area contributed by atoms with Crippen LogP contribution >= 0.6 is 0 Å². The lowest BCUT2D eigenvalue weighted by atomic mass is 9.94. The molecule has 0 spiro atoms. The fourth-order valence-electron chi connectivity index (χ4n) is 10.6. The van der Waals surface area contributed by atoms with Gasteiger partial charge in [-0.15, -0.1) is 0 Å². The Balaban J connectivity index is 1.21. The number of hydrogen-bond acceptors (Lipinski definition) is 3. The first kappa shape index (κ1) is 49.7. The van der Waals surface area contributed by atoms with E-state index in [1.807, 2.05) is 130 Å². The van der Waals surface area contributed by atoms with Gasteiger partial charge in [0.2, 0.25) is 0 Å². The van der Waals surface area contributed by atoms with E-state index in [2.05, 4.69) is 27.9 Å². The second-order valence-corrected chi connectivity index (χ2v) is 19.1. The Bertz CT molecular complexity index is 4530. The van der Waals surface area contributed by atoms with E-state index in [1.54, 1.807) is 48.5 Å². The van der Waals surface area contributed by atoms with Gasteiger partial charge in [0.1, 0.15) is 0 Å². The van der Waals surface area contributed by atoms with Gasteiger partial charge in [-0.3, -0.25) is 0 Å². The Labute approximate surface area is 452 Å². The van der Waals surface area contributed by atoms with E-state index >= 15 is 13.2 Å². The van der Waals surface area contributed by atoms with Crippen molar-refractivity contribution in [3.05, 3.63) is 251 Å². The highest BCUT2D eigenvalue weighted by atomic mass is 19.4. The highest BCUT2D eigenvalue weighted by molar-refractivity contribution is 6.14. The number of nitrogens with zero attached hydrogens (tertiary/aromatic N) is 7. The second kappa shape index (κ2) is 19.1. The van der Waals surface area contributed by atoms with Crippen molar-refractivity contribution < 1.29 is 26.3 Å². The summed E-state index contributed by atoms with van der Waals surface area (Å²) < 4.78 is 92.4. The van der Waals surface area contributed by atoms with Crippen LogP contribution in [0.3, 0.4) is 0 Å². The van der Waals surface area contributed by atoms with Crippen LogP contribution in [-0.4, -0.2) is 9.13 Å². The fourth-order valence-corrected chi connectivity index (χ4v) is 10.6. The van der Waals surface area contributed by atoms with Gasteiger partial charge in [0.15, 0.2) is 11.4 Å². The third-order valence-electron chi connectivity index (χ3n) is 14.5. The zero-order valence-corrected chi connectivity index (χ0v) is 41.5. The van der Waals surface area contributed by atoms with Gasteiger partial charge in [-0.1, -0.05) is 91.0 Å². The Kier molecular flexibility index (Phi) is 11.9. The summed E-state index contributed by atoms with van der Waals surface area (Å²) in [6.07, 6.45) is -10.4. The van der Waals surface area contributed by atoms with Gasteiger partial charge < -0.3 is 9.13 Å². The molecular formula is C67H33F6N7. The molecule has 12 aromatic rings. The molecule has 0 bridgehead atoms. The SMILES string of the molecule is [C-]#[N+]c1ccc(-c2ccc3c(c2)c2cc(-c4ccc(C#N)cc4)ccc2n3-c2cc([N+]#[C-])c(-c3ccc(C(F)(F)F)cc3C(F)(F)F)cc2-n2c3ccc(-c4ccc(C#N)cc4)cc3c3cc(-c4ccc(C#N)cc4)ccc32)cc1. The first-order valence-electron chi connectivity index (χ1n) is 24.7. The van der Waals surface area contributed by atoms with Crippen molar-refractivity contribution in [2.45, 2.75) is 12.4 Å². The maximum Gasteiger partial charge on any atom is 0.416 e. The Morgan fingerprint density at radius 1 is 0.350 bits per heavy atom. The lowest BCUT2D eigenvalue weighted by molar-refractivity contribution is -0.142. The molecule has 0 unspecified atom stereocenters. The van der Waals surface area contributed by atoms with Crippen molar-refractivity contribution in [1.29, 1.82) is 15.8 Å². The Morgan fingerprint density at radius 2 is 0.700 bits per heavy atom. The highest BCUT2D eigenvalue weighted by Crippen LogP contribution is 2.49. The summed E-state index contributed by atoms with van der Waals surface area (Å²) in [6, 6.07) is 62.6. The summed E-state index contributed by atoms with van der Waals surface area (Å²) in [5.41, 5.74) is 7.20. The van der Waals surface area contributed by atoms with Crippen molar-refractivity contribution in [3.8, 4) is 85.2 Å². The molecule has 0 radical (unpaired) electrons. The van der Waals surface area contributed by atoms with Gasteiger partial charge in [-0.2, -0.15) is 42.1 Å². The molecule has 0 saturated carbocycles. The molecular weight excluding hydrogens is 1020 g/mol. The molecule has 10 aromatic carbocycles. The van der Waals surface area contributed by atoms with E-state index in [0.717, 1.165) is 61.3 Å². The van der Waals surface area contributed by atoms with Gasteiger partial charge in [0, 0.05) is 21.5 Å². The molecule has 0 atom stereocenters. The second-order valence-electron chi connectivity index (χ2n) is 19.1. The summed E-state index contributed by atoms with van der Waals surface area (Å²) in [6.45, 7) is 16.1. The number of aromatic nitrogens is 2. The summed E-state index contributed by atoms with van der Waals surface area (Å²) >= 11 is 0. The van der Waals surface area contributed by atoms with Crippen LogP contribution in [0.15, 0.2) is 200 Å². The molecule has 0 fully saturated rings. The summed E-state index contributed by atoms with van der Waals surface area (Å²) in [5, 5.41) is 31.7. The largest absolute Gasteiger partial charge is 0.416 e. The number of benzene rings is 10. The minimum absolute atomic E-state index is 0.0810. The average Bonchev–Trinajstić information content (AvgIpc) is 4.09. The van der Waals surface area contributed by atoms with E-state index in [1.165, 1.54) is 12.1 Å². The van der Waals surface area contributed by atoms with E-state index in [0.29, 0.717) is 67.0 Å². The van der Waals surface area contributed by atoms with Crippen LogP contribution in [0.5, 0.6) is 0 Å². The van der Waals surface area contributed by atoms with Gasteiger partial charge in [-0.25, -0.2) is 9.69 Å². The van der Waals surface area contributed by atoms with Crippen molar-refractivity contribution in [2.24, 2.45) is 0 Å². The summed E-state index contributed by atoms with van der Waals surface area (Å²) in [4.78, 5) is 7.38. The van der Waals surface area contributed by atoms with Crippen molar-refractivity contribution in [2.75, 3.05) is 0 Å². The van der Waals surface area contributed by atoms with Crippen LogP contribution in [0.4, 0.5) is 37.7 Å². The zero-order chi connectivity index (χ0) is 55.6. The van der Waals surface area contributed by atoms with Crippen LogP contribution in [0.1, 0.15) is 27.8 Å². The van der Waals surface area contributed by atoms with Crippen LogP contribution in [0.25, 0.3) is 120 Å². The number of nitriles is 3. The molecule has 80 heavy (non-hydrogen) atoms. The quantitative estimate of drug-likeness (QED) is 0.118. The van der Waals surface area contributed by atoms with Crippen molar-refractivity contribution >= 4 is 55.0 Å². The minimum Gasteiger partial charge on any atom is -0.308 e. The van der Waals surface area contributed by atoms with Crippen LogP contribution in [-0.2, 0) is 12.4 Å². The molecule has 7 nitrogen and oxygen atoms in total. The lowest BCUT2D eigenvalue weighted by Crippen LogP contribution is -2.12. The first-order chi connectivity index (χ1) is 38.7. The zero-order valence-electron chi connectivity index (χ0n) is 41.5. The number of alkyl halides is 6. The van der Waals surface area contributed by atoms with E-state index in [9.17, 15) is 29.0 Å². The Hall–Kier alpha value is -11.2. The third-order valence-corrected chi connectivity index (χ3v) is 14.5. The highest BCUT2D eigenvalue weighted by Gasteiger charge is 2.39. The fraction of sp³-hybridized carbons (Fsp3) is 0.0299. The molecule has 0 amide bonds. The molecule has 0 aliphatic heterocycles. The standard InChI is InChI=1S/C67H33F6N7/c1-77-51-22-15-45(16-23-51)49-20-28-63-57(32-49)56-31-48(44-13-7-41(38-76)8-14-44)19-27-62(56)80(63)65-35-59(78-2)53(52-24-21-50(66(68,69)70)33-58(52)67(71,72)73)34-64(65)79-60-25-17-46(42-9-3-39(36-74)4-10-42)29-54(60)55-30-47(18-26-61(55)79)43-11-5-40(37-75)6-12-43/h3-35H. The molecule has 2 aromatic heterocycles. The number of halogens is 6. The molecule has 2 heterocycles. The molecule has 0 N–H and O–H groups in total. The van der Waals surface area contributed by atoms with E-state index in [-0.39, 0.29) is 23.0 Å². The summed E-state index contributed by atoms with van der Waals surface area (Å²) in [7, 11) is 0. The van der Waals surface area contributed by atoms with Crippen LogP contribution in [0.2, 0.25) is 0 Å². The predicted molar refractivity (Wildman–Crippen MR) is 299 cm³/mol. The van der Waals surface area contributed by atoms with Crippen molar-refractivity contribution in [3.63, 3.8) is 0 Å². The van der Waals surface area contributed by atoms with E-state index in [4.69, 9.17) is 13.1 Å². The maximum atomic E-state index is 15.3. The Morgan fingerprint density at radius 3 is 1.02 bits per heavy atom. The number of fused-ring (bicyclic) bond motifs is 6. The molecule has 12 rings (SSSR count). The average molecular weight is 1050 g/mol. The normalized spacial score (nSPS) is 11.6. The van der Waals surface area contributed by atoms with Gasteiger partial charge in [0.05, 0.1) is 92.6 Å². The number of hydrogen-bond donors (Lipinski definition) is 0. The summed E-state index contributed by atoms with van der Waals surface area (Å²) in [5.74, 6) is 0. The molecule has 378 valence electrons.